The van der Waals surface area contributed by atoms with Gasteiger partial charge in [-0.15, -0.1) is 0 Å². The summed E-state index contributed by atoms with van der Waals surface area (Å²) in [5.41, 5.74) is 2.49. The minimum absolute atomic E-state index is 0.0150. The monoisotopic (exact) mass is 343 g/mol. The minimum Gasteiger partial charge on any atom is -0.496 e. The molecule has 1 N–H and O–H groups in total. The second-order valence-electron chi connectivity index (χ2n) is 6.66. The highest BCUT2D eigenvalue weighted by molar-refractivity contribution is 5.72. The van der Waals surface area contributed by atoms with Crippen LogP contribution in [-0.4, -0.2) is 42.9 Å². The van der Waals surface area contributed by atoms with Crippen molar-refractivity contribution < 1.29 is 19.0 Å². The number of ether oxygens (including phenoxy) is 2. The summed E-state index contributed by atoms with van der Waals surface area (Å²) in [4.78, 5) is 2.31. The summed E-state index contributed by atoms with van der Waals surface area (Å²) in [6, 6.07) is 10.2. The molecule has 2 atom stereocenters. The van der Waals surface area contributed by atoms with Crippen molar-refractivity contribution in [3.63, 3.8) is 0 Å². The summed E-state index contributed by atoms with van der Waals surface area (Å²) in [6.07, 6.45) is 1.81. The molecule has 0 radical (unpaired) electrons. The summed E-state index contributed by atoms with van der Waals surface area (Å²) in [6.45, 7) is 2.52. The summed E-state index contributed by atoms with van der Waals surface area (Å²) < 4.78 is 24.7. The van der Waals surface area contributed by atoms with Crippen molar-refractivity contribution in [2.75, 3.05) is 26.8 Å². The molecule has 2 aliphatic rings. The summed E-state index contributed by atoms with van der Waals surface area (Å²) in [7, 11) is 1.53. The molecule has 0 amide bonds. The van der Waals surface area contributed by atoms with Crippen LogP contribution < -0.4 is 9.47 Å². The normalized spacial score (nSPS) is 23.2. The Bertz CT molecular complexity index is 774. The Morgan fingerprint density at radius 1 is 1.16 bits per heavy atom. The van der Waals surface area contributed by atoms with Crippen molar-refractivity contribution in [3.8, 4) is 22.6 Å². The molecule has 25 heavy (non-hydrogen) atoms. The SMILES string of the molecule is COc1cc(F)ccc1-c1ccc2c(c1)OC[C@@H](N1CCCC1)[C@@H]2O. The molecule has 2 aromatic rings. The fourth-order valence-electron chi connectivity index (χ4n) is 3.83. The lowest BCUT2D eigenvalue weighted by atomic mass is 9.94. The first-order valence-corrected chi connectivity index (χ1v) is 8.70. The molecule has 132 valence electrons. The zero-order valence-electron chi connectivity index (χ0n) is 14.2. The molecular weight excluding hydrogens is 321 g/mol. The van der Waals surface area contributed by atoms with Gasteiger partial charge < -0.3 is 14.6 Å². The fourth-order valence-corrected chi connectivity index (χ4v) is 3.83. The number of nitrogens with zero attached hydrogens (tertiary/aromatic N) is 1. The molecule has 0 aromatic heterocycles. The number of likely N-dealkylation sites (tertiary alicyclic amines) is 1. The molecule has 0 aliphatic carbocycles. The predicted molar refractivity (Wildman–Crippen MR) is 93.4 cm³/mol. The van der Waals surface area contributed by atoms with Crippen LogP contribution >= 0.6 is 0 Å². The van der Waals surface area contributed by atoms with Crippen LogP contribution in [0, 0.1) is 5.82 Å². The van der Waals surface area contributed by atoms with Crippen molar-refractivity contribution in [2.45, 2.75) is 25.0 Å². The zero-order valence-corrected chi connectivity index (χ0v) is 14.2. The second-order valence-corrected chi connectivity index (χ2v) is 6.66. The molecule has 0 saturated carbocycles. The van der Waals surface area contributed by atoms with Gasteiger partial charge >= 0.3 is 0 Å². The van der Waals surface area contributed by atoms with Crippen molar-refractivity contribution in [1.29, 1.82) is 0 Å². The second kappa shape index (κ2) is 6.65. The molecule has 0 spiro atoms. The number of rotatable bonds is 3. The lowest BCUT2D eigenvalue weighted by Gasteiger charge is -2.36. The number of fused-ring (bicyclic) bond motifs is 1. The highest BCUT2D eigenvalue weighted by Gasteiger charge is 2.35. The van der Waals surface area contributed by atoms with E-state index in [1.54, 1.807) is 6.07 Å². The van der Waals surface area contributed by atoms with Gasteiger partial charge in [-0.05, 0) is 49.7 Å². The maximum Gasteiger partial charge on any atom is 0.129 e. The van der Waals surface area contributed by atoms with Crippen LogP contribution in [0.4, 0.5) is 4.39 Å². The van der Waals surface area contributed by atoms with Crippen molar-refractivity contribution in [2.24, 2.45) is 0 Å². The van der Waals surface area contributed by atoms with Gasteiger partial charge in [0.15, 0.2) is 0 Å². The van der Waals surface area contributed by atoms with Crippen LogP contribution in [-0.2, 0) is 0 Å². The van der Waals surface area contributed by atoms with Crippen LogP contribution in [0.3, 0.4) is 0 Å². The smallest absolute Gasteiger partial charge is 0.129 e. The van der Waals surface area contributed by atoms with Gasteiger partial charge in [0.05, 0.1) is 13.2 Å². The van der Waals surface area contributed by atoms with E-state index < -0.39 is 6.10 Å². The van der Waals surface area contributed by atoms with E-state index in [1.165, 1.54) is 32.1 Å². The number of benzene rings is 2. The standard InChI is InChI=1S/C20H22FNO3/c1-24-18-11-14(21)5-7-15(18)13-4-6-16-19(10-13)25-12-17(20(16)23)22-8-2-3-9-22/h4-7,10-11,17,20,23H,2-3,8-9,12H2,1H3/t17-,20-/m1/s1. The van der Waals surface area contributed by atoms with Gasteiger partial charge in [0.2, 0.25) is 0 Å². The molecule has 1 fully saturated rings. The highest BCUT2D eigenvalue weighted by Crippen LogP contribution is 2.39. The third kappa shape index (κ3) is 2.98. The molecule has 2 heterocycles. The van der Waals surface area contributed by atoms with E-state index in [2.05, 4.69) is 4.90 Å². The van der Waals surface area contributed by atoms with E-state index in [9.17, 15) is 9.50 Å². The van der Waals surface area contributed by atoms with Crippen LogP contribution in [0.15, 0.2) is 36.4 Å². The molecule has 1 saturated heterocycles. The number of methoxy groups -OCH3 is 1. The number of halogens is 1. The Morgan fingerprint density at radius 2 is 1.96 bits per heavy atom. The third-order valence-corrected chi connectivity index (χ3v) is 5.19. The number of hydrogen-bond acceptors (Lipinski definition) is 4. The maximum absolute atomic E-state index is 13.4. The number of aliphatic hydroxyl groups excluding tert-OH is 1. The first kappa shape index (κ1) is 16.4. The van der Waals surface area contributed by atoms with E-state index in [-0.39, 0.29) is 11.9 Å². The van der Waals surface area contributed by atoms with Crippen LogP contribution in [0.5, 0.6) is 11.5 Å². The molecule has 0 bridgehead atoms. The molecule has 4 rings (SSSR count). The minimum atomic E-state index is -0.550. The molecule has 2 aliphatic heterocycles. The molecule has 2 aromatic carbocycles. The van der Waals surface area contributed by atoms with Gasteiger partial charge in [0.1, 0.15) is 30.0 Å². The van der Waals surface area contributed by atoms with Crippen molar-refractivity contribution >= 4 is 0 Å². The highest BCUT2D eigenvalue weighted by atomic mass is 19.1. The average Bonchev–Trinajstić information content (AvgIpc) is 3.16. The summed E-state index contributed by atoms with van der Waals surface area (Å²) in [5, 5.41) is 10.8. The van der Waals surface area contributed by atoms with E-state index in [4.69, 9.17) is 9.47 Å². The van der Waals surface area contributed by atoms with Gasteiger partial charge in [-0.2, -0.15) is 0 Å². The average molecular weight is 343 g/mol. The zero-order chi connectivity index (χ0) is 17.4. The van der Waals surface area contributed by atoms with Crippen molar-refractivity contribution in [1.82, 2.24) is 4.90 Å². The van der Waals surface area contributed by atoms with E-state index in [1.807, 2.05) is 18.2 Å². The number of aliphatic hydroxyl groups is 1. The van der Waals surface area contributed by atoms with Crippen LogP contribution in [0.25, 0.3) is 11.1 Å². The number of hydrogen-bond donors (Lipinski definition) is 1. The quantitative estimate of drug-likeness (QED) is 0.928. The predicted octanol–water partition coefficient (Wildman–Crippen LogP) is 3.39. The molecule has 0 unspecified atom stereocenters. The Labute approximate surface area is 146 Å². The fraction of sp³-hybridized carbons (Fsp3) is 0.400. The summed E-state index contributed by atoms with van der Waals surface area (Å²) >= 11 is 0. The Hall–Kier alpha value is -2.11. The summed E-state index contributed by atoms with van der Waals surface area (Å²) in [5.74, 6) is 0.830. The lowest BCUT2D eigenvalue weighted by molar-refractivity contribution is 0.0140. The van der Waals surface area contributed by atoms with Gasteiger partial charge in [-0.3, -0.25) is 4.90 Å². The van der Waals surface area contributed by atoms with Crippen LogP contribution in [0.2, 0.25) is 0 Å². The van der Waals surface area contributed by atoms with Crippen molar-refractivity contribution in [3.05, 3.63) is 47.8 Å². The Kier molecular flexibility index (Phi) is 4.36. The van der Waals surface area contributed by atoms with Gasteiger partial charge in [0, 0.05) is 17.2 Å². The first-order chi connectivity index (χ1) is 12.2. The topological polar surface area (TPSA) is 41.9 Å². The van der Waals surface area contributed by atoms with Gasteiger partial charge in [-0.25, -0.2) is 4.39 Å². The third-order valence-electron chi connectivity index (χ3n) is 5.19. The Morgan fingerprint density at radius 3 is 2.72 bits per heavy atom. The largest absolute Gasteiger partial charge is 0.496 e. The first-order valence-electron chi connectivity index (χ1n) is 8.70. The lowest BCUT2D eigenvalue weighted by Crippen LogP contribution is -2.44. The molecule has 4 nitrogen and oxygen atoms in total. The molecule has 5 heteroatoms. The van der Waals surface area contributed by atoms with Gasteiger partial charge in [-0.1, -0.05) is 12.1 Å². The maximum atomic E-state index is 13.4. The van der Waals surface area contributed by atoms with Gasteiger partial charge in [0.25, 0.3) is 0 Å². The van der Waals surface area contributed by atoms with Crippen LogP contribution in [0.1, 0.15) is 24.5 Å². The van der Waals surface area contributed by atoms with E-state index in [0.717, 1.165) is 29.8 Å². The molecular formula is C20H22FNO3. The van der Waals surface area contributed by atoms with E-state index in [0.29, 0.717) is 18.1 Å². The van der Waals surface area contributed by atoms with E-state index >= 15 is 0 Å². The Balaban J connectivity index is 1.65.